The van der Waals surface area contributed by atoms with Crippen molar-refractivity contribution in [3.8, 4) is 5.69 Å². The van der Waals surface area contributed by atoms with Gasteiger partial charge in [0.1, 0.15) is 0 Å². The number of nitrogens with zero attached hydrogens (tertiary/aromatic N) is 1. The molecule has 29 heavy (non-hydrogen) atoms. The van der Waals surface area contributed by atoms with Crippen molar-refractivity contribution in [3.63, 3.8) is 0 Å². The molecule has 136 valence electrons. The Labute approximate surface area is 170 Å². The average molecular weight is 388 g/mol. The predicted molar refractivity (Wildman–Crippen MR) is 126 cm³/mol. The van der Waals surface area contributed by atoms with Gasteiger partial charge in [0.25, 0.3) is 0 Å². The van der Waals surface area contributed by atoms with Gasteiger partial charge in [-0.05, 0) is 30.3 Å². The van der Waals surface area contributed by atoms with Crippen molar-refractivity contribution >= 4 is 64.2 Å². The summed E-state index contributed by atoms with van der Waals surface area (Å²) in [7, 11) is 0. The molecule has 2 nitrogen and oxygen atoms in total. The molecule has 4 aromatic carbocycles. The van der Waals surface area contributed by atoms with E-state index >= 15 is 0 Å². The summed E-state index contributed by atoms with van der Waals surface area (Å²) in [6.07, 6.45) is 2.22. The Morgan fingerprint density at radius 3 is 2.31 bits per heavy atom. The average Bonchev–Trinajstić information content (AvgIpc) is 3.46. The van der Waals surface area contributed by atoms with Gasteiger partial charge in [0.15, 0.2) is 0 Å². The Kier molecular flexibility index (Phi) is 2.91. The number of hydrogen-bond donors (Lipinski definition) is 1. The van der Waals surface area contributed by atoms with Gasteiger partial charge in [-0.2, -0.15) is 0 Å². The molecule has 0 bridgehead atoms. The van der Waals surface area contributed by atoms with Crippen LogP contribution in [0.1, 0.15) is 0 Å². The predicted octanol–water partition coefficient (Wildman–Crippen LogP) is 7.63. The van der Waals surface area contributed by atoms with Gasteiger partial charge in [-0.25, -0.2) is 0 Å². The fraction of sp³-hybridized carbons (Fsp3) is 0. The molecule has 3 heteroatoms. The molecule has 0 aliphatic carbocycles. The molecule has 0 unspecified atom stereocenters. The van der Waals surface area contributed by atoms with Crippen LogP contribution in [-0.4, -0.2) is 9.55 Å². The van der Waals surface area contributed by atoms with E-state index in [-0.39, 0.29) is 0 Å². The molecule has 0 spiro atoms. The Morgan fingerprint density at radius 1 is 0.655 bits per heavy atom. The maximum Gasteiger partial charge on any atom is 0.0668 e. The first-order chi connectivity index (χ1) is 14.4. The highest BCUT2D eigenvalue weighted by atomic mass is 32.1. The van der Waals surface area contributed by atoms with Crippen molar-refractivity contribution < 1.29 is 0 Å². The highest BCUT2D eigenvalue weighted by molar-refractivity contribution is 7.27. The summed E-state index contributed by atoms with van der Waals surface area (Å²) in [5, 5.41) is 6.60. The summed E-state index contributed by atoms with van der Waals surface area (Å²) in [6.45, 7) is 0. The SMILES string of the molecule is c1ccc(-n2ccc3c4c5ccccc5sc4c4[nH]c5ccccc5c4c32)cc1. The topological polar surface area (TPSA) is 20.7 Å². The third-order valence-electron chi connectivity index (χ3n) is 5.96. The number of aromatic nitrogens is 2. The van der Waals surface area contributed by atoms with Crippen LogP contribution in [0.5, 0.6) is 0 Å². The second-order valence-electron chi connectivity index (χ2n) is 7.51. The normalized spacial score (nSPS) is 12.1. The van der Waals surface area contributed by atoms with Crippen LogP contribution >= 0.6 is 11.3 Å². The van der Waals surface area contributed by atoms with Crippen molar-refractivity contribution in [1.29, 1.82) is 0 Å². The minimum Gasteiger partial charge on any atom is -0.353 e. The molecule has 0 fully saturated rings. The molecule has 0 saturated heterocycles. The van der Waals surface area contributed by atoms with Gasteiger partial charge < -0.3 is 9.55 Å². The maximum absolute atomic E-state index is 3.74. The molecular formula is C26H16N2S. The van der Waals surface area contributed by atoms with E-state index in [4.69, 9.17) is 0 Å². The quantitative estimate of drug-likeness (QED) is 0.298. The van der Waals surface area contributed by atoms with Crippen LogP contribution in [0.2, 0.25) is 0 Å². The summed E-state index contributed by atoms with van der Waals surface area (Å²) in [6, 6.07) is 30.3. The smallest absolute Gasteiger partial charge is 0.0668 e. The first-order valence-electron chi connectivity index (χ1n) is 9.80. The molecule has 0 aliphatic heterocycles. The number of nitrogens with one attached hydrogen (secondary N) is 1. The maximum atomic E-state index is 3.74. The first-order valence-corrected chi connectivity index (χ1v) is 10.6. The van der Waals surface area contributed by atoms with Crippen LogP contribution in [0.4, 0.5) is 0 Å². The lowest BCUT2D eigenvalue weighted by Gasteiger charge is -2.08. The molecule has 0 amide bonds. The molecule has 3 aromatic heterocycles. The summed E-state index contributed by atoms with van der Waals surface area (Å²) in [5.74, 6) is 0. The van der Waals surface area contributed by atoms with Crippen molar-refractivity contribution in [2.24, 2.45) is 0 Å². The number of benzene rings is 4. The van der Waals surface area contributed by atoms with Gasteiger partial charge in [0.05, 0.1) is 15.7 Å². The second-order valence-corrected chi connectivity index (χ2v) is 8.56. The zero-order chi connectivity index (χ0) is 18.9. The van der Waals surface area contributed by atoms with E-state index in [1.165, 1.54) is 58.6 Å². The fourth-order valence-corrected chi connectivity index (χ4v) is 5.96. The van der Waals surface area contributed by atoms with Gasteiger partial charge in [0.2, 0.25) is 0 Å². The molecule has 0 atom stereocenters. The van der Waals surface area contributed by atoms with Gasteiger partial charge in [-0.1, -0.05) is 54.6 Å². The van der Waals surface area contributed by atoms with E-state index in [2.05, 4.69) is 101 Å². The summed E-state index contributed by atoms with van der Waals surface area (Å²) < 4.78 is 5.02. The lowest BCUT2D eigenvalue weighted by atomic mass is 10.0. The number of H-pyrrole nitrogens is 1. The first kappa shape index (κ1) is 15.4. The minimum atomic E-state index is 1.19. The second kappa shape index (κ2) is 5.49. The van der Waals surface area contributed by atoms with E-state index in [1.54, 1.807) is 0 Å². The van der Waals surface area contributed by atoms with E-state index in [0.29, 0.717) is 0 Å². The highest BCUT2D eigenvalue weighted by Gasteiger charge is 2.20. The Balaban J connectivity index is 1.83. The molecule has 0 saturated carbocycles. The molecule has 0 radical (unpaired) electrons. The van der Waals surface area contributed by atoms with E-state index in [1.807, 2.05) is 11.3 Å². The van der Waals surface area contributed by atoms with Gasteiger partial charge in [0, 0.05) is 49.0 Å². The Hall–Kier alpha value is -3.56. The van der Waals surface area contributed by atoms with Gasteiger partial charge in [-0.15, -0.1) is 11.3 Å². The number of para-hydroxylation sites is 2. The summed E-state index contributed by atoms with van der Waals surface area (Å²) in [5.41, 5.74) is 4.90. The highest BCUT2D eigenvalue weighted by Crippen LogP contribution is 2.46. The van der Waals surface area contributed by atoms with Gasteiger partial charge >= 0.3 is 0 Å². The standard InChI is InChI=1S/C26H16N2S/c1-2-8-16(9-3-1)28-15-14-19-22-18-11-5-7-13-21(18)29-26(22)24-23(25(19)28)17-10-4-6-12-20(17)27-24/h1-15,27H. The molecule has 7 aromatic rings. The van der Waals surface area contributed by atoms with Crippen molar-refractivity contribution in [2.45, 2.75) is 0 Å². The Morgan fingerprint density at radius 2 is 1.41 bits per heavy atom. The van der Waals surface area contributed by atoms with Crippen LogP contribution in [0.25, 0.3) is 58.6 Å². The van der Waals surface area contributed by atoms with Crippen molar-refractivity contribution in [2.75, 3.05) is 0 Å². The third-order valence-corrected chi connectivity index (χ3v) is 7.14. The van der Waals surface area contributed by atoms with E-state index < -0.39 is 0 Å². The minimum absolute atomic E-state index is 1.19. The van der Waals surface area contributed by atoms with E-state index in [0.717, 1.165) is 0 Å². The number of thiophene rings is 1. The van der Waals surface area contributed by atoms with E-state index in [9.17, 15) is 0 Å². The summed E-state index contributed by atoms with van der Waals surface area (Å²) >= 11 is 1.89. The largest absolute Gasteiger partial charge is 0.353 e. The Bertz CT molecular complexity index is 1700. The van der Waals surface area contributed by atoms with Crippen molar-refractivity contribution in [1.82, 2.24) is 9.55 Å². The molecule has 1 N–H and O–H groups in total. The number of rotatable bonds is 1. The van der Waals surface area contributed by atoms with Gasteiger partial charge in [-0.3, -0.25) is 0 Å². The molecule has 0 aliphatic rings. The zero-order valence-electron chi connectivity index (χ0n) is 15.5. The molecular weight excluding hydrogens is 372 g/mol. The molecule has 7 rings (SSSR count). The number of aromatic amines is 1. The fourth-order valence-electron chi connectivity index (χ4n) is 4.74. The van der Waals surface area contributed by atoms with Crippen LogP contribution in [-0.2, 0) is 0 Å². The summed E-state index contributed by atoms with van der Waals surface area (Å²) in [4.78, 5) is 3.74. The third kappa shape index (κ3) is 1.95. The zero-order valence-corrected chi connectivity index (χ0v) is 16.3. The van der Waals surface area contributed by atoms with Crippen LogP contribution < -0.4 is 0 Å². The lowest BCUT2D eigenvalue weighted by Crippen LogP contribution is -1.91. The monoisotopic (exact) mass is 388 g/mol. The van der Waals surface area contributed by atoms with Crippen LogP contribution in [0.3, 0.4) is 0 Å². The number of hydrogen-bond acceptors (Lipinski definition) is 1. The van der Waals surface area contributed by atoms with Crippen LogP contribution in [0.15, 0.2) is 91.1 Å². The number of fused-ring (bicyclic) bond motifs is 10. The van der Waals surface area contributed by atoms with Crippen molar-refractivity contribution in [3.05, 3.63) is 91.1 Å². The van der Waals surface area contributed by atoms with Crippen LogP contribution in [0, 0.1) is 0 Å². The molecule has 3 heterocycles. The lowest BCUT2D eigenvalue weighted by molar-refractivity contribution is 1.13.